The van der Waals surface area contributed by atoms with Gasteiger partial charge in [0, 0.05) is 18.0 Å². The second-order valence-corrected chi connectivity index (χ2v) is 6.84. The van der Waals surface area contributed by atoms with Crippen LogP contribution >= 0.6 is 0 Å². The second-order valence-electron chi connectivity index (χ2n) is 6.84. The monoisotopic (exact) mass is 272 g/mol. The number of nitrogens with zero attached hydrogens (tertiary/aromatic N) is 1. The molecule has 1 saturated carbocycles. The van der Waals surface area contributed by atoms with Gasteiger partial charge in [-0.25, -0.2) is 0 Å². The summed E-state index contributed by atoms with van der Waals surface area (Å²) < 4.78 is 0. The molecule has 1 N–H and O–H groups in total. The number of benzene rings is 1. The van der Waals surface area contributed by atoms with Gasteiger partial charge in [0.05, 0.1) is 0 Å². The molecule has 0 bridgehead atoms. The molecule has 110 valence electrons. The Morgan fingerprint density at radius 3 is 2.50 bits per heavy atom. The van der Waals surface area contributed by atoms with Gasteiger partial charge in [-0.3, -0.25) is 0 Å². The molecule has 0 amide bonds. The lowest BCUT2D eigenvalue weighted by Gasteiger charge is -2.34. The van der Waals surface area contributed by atoms with E-state index in [2.05, 4.69) is 54.4 Å². The van der Waals surface area contributed by atoms with Gasteiger partial charge >= 0.3 is 0 Å². The highest BCUT2D eigenvalue weighted by Gasteiger charge is 2.38. The van der Waals surface area contributed by atoms with Gasteiger partial charge in [-0.2, -0.15) is 0 Å². The Kier molecular flexibility index (Phi) is 4.42. The third-order valence-corrected chi connectivity index (χ3v) is 5.07. The molecule has 2 aliphatic rings. The Hall–Kier alpha value is -0.860. The van der Waals surface area contributed by atoms with Crippen LogP contribution in [0.15, 0.2) is 30.3 Å². The minimum atomic E-state index is 0.717. The van der Waals surface area contributed by atoms with Crippen molar-refractivity contribution in [3.8, 4) is 0 Å². The Morgan fingerprint density at radius 1 is 1.15 bits per heavy atom. The van der Waals surface area contributed by atoms with Gasteiger partial charge in [0.15, 0.2) is 0 Å². The highest BCUT2D eigenvalue weighted by Crippen LogP contribution is 2.40. The first-order chi connectivity index (χ1) is 9.74. The lowest BCUT2D eigenvalue weighted by atomic mass is 9.96. The molecular formula is C18H28N2. The van der Waals surface area contributed by atoms with Crippen molar-refractivity contribution in [1.82, 2.24) is 10.2 Å². The third kappa shape index (κ3) is 3.42. The summed E-state index contributed by atoms with van der Waals surface area (Å²) in [6.45, 7) is 8.42. The van der Waals surface area contributed by atoms with Crippen LogP contribution in [0.4, 0.5) is 0 Å². The zero-order chi connectivity index (χ0) is 13.9. The molecule has 2 nitrogen and oxygen atoms in total. The molecular weight excluding hydrogens is 244 g/mol. The Balaban J connectivity index is 1.38. The van der Waals surface area contributed by atoms with Gasteiger partial charge < -0.3 is 10.2 Å². The summed E-state index contributed by atoms with van der Waals surface area (Å²) >= 11 is 0. The molecule has 0 spiro atoms. The van der Waals surface area contributed by atoms with Crippen molar-refractivity contribution < 1.29 is 0 Å². The fourth-order valence-corrected chi connectivity index (χ4v) is 3.48. The number of likely N-dealkylation sites (tertiary alicyclic amines) is 1. The van der Waals surface area contributed by atoms with Crippen molar-refractivity contribution >= 4 is 0 Å². The highest BCUT2D eigenvalue weighted by molar-refractivity contribution is 5.27. The van der Waals surface area contributed by atoms with Gasteiger partial charge in [0.2, 0.25) is 0 Å². The second kappa shape index (κ2) is 6.28. The Morgan fingerprint density at radius 2 is 1.85 bits per heavy atom. The average molecular weight is 272 g/mol. The number of nitrogens with one attached hydrogen (secondary N) is 1. The lowest BCUT2D eigenvalue weighted by molar-refractivity contribution is 0.148. The van der Waals surface area contributed by atoms with Gasteiger partial charge in [-0.1, -0.05) is 30.3 Å². The Bertz CT molecular complexity index is 407. The maximum atomic E-state index is 3.80. The molecule has 1 aliphatic carbocycles. The zero-order valence-corrected chi connectivity index (χ0v) is 12.9. The molecule has 1 aromatic rings. The molecule has 0 radical (unpaired) electrons. The molecule has 2 fully saturated rings. The van der Waals surface area contributed by atoms with Crippen LogP contribution in [0, 0.1) is 5.92 Å². The van der Waals surface area contributed by atoms with Crippen LogP contribution in [-0.2, 0) is 0 Å². The van der Waals surface area contributed by atoms with Gasteiger partial charge in [-0.15, -0.1) is 0 Å². The van der Waals surface area contributed by atoms with Crippen molar-refractivity contribution in [1.29, 1.82) is 0 Å². The van der Waals surface area contributed by atoms with Crippen LogP contribution < -0.4 is 5.32 Å². The highest BCUT2D eigenvalue weighted by atomic mass is 15.1. The fourth-order valence-electron chi connectivity index (χ4n) is 3.48. The van der Waals surface area contributed by atoms with Crippen molar-refractivity contribution in [2.45, 2.75) is 51.1 Å². The molecule has 1 heterocycles. The van der Waals surface area contributed by atoms with Crippen molar-refractivity contribution in [3.63, 3.8) is 0 Å². The maximum Gasteiger partial charge on any atom is 0.0143 e. The van der Waals surface area contributed by atoms with Crippen LogP contribution in [0.25, 0.3) is 0 Å². The van der Waals surface area contributed by atoms with Crippen molar-refractivity contribution in [3.05, 3.63) is 35.9 Å². The number of piperidine rings is 1. The van der Waals surface area contributed by atoms with E-state index in [0.29, 0.717) is 0 Å². The van der Waals surface area contributed by atoms with E-state index < -0.39 is 0 Å². The molecule has 2 unspecified atom stereocenters. The summed E-state index contributed by atoms with van der Waals surface area (Å²) in [4.78, 5) is 2.61. The predicted octanol–water partition coefficient (Wildman–Crippen LogP) is 3.25. The summed E-state index contributed by atoms with van der Waals surface area (Å²) in [6, 6.07) is 12.4. The van der Waals surface area contributed by atoms with Crippen LogP contribution in [0.3, 0.4) is 0 Å². The van der Waals surface area contributed by atoms with Crippen molar-refractivity contribution in [2.24, 2.45) is 5.92 Å². The minimum absolute atomic E-state index is 0.717. The number of rotatable bonds is 5. The molecule has 1 aliphatic heterocycles. The topological polar surface area (TPSA) is 15.3 Å². The molecule has 3 rings (SSSR count). The predicted molar refractivity (Wildman–Crippen MR) is 85.0 cm³/mol. The molecule has 1 aromatic carbocycles. The molecule has 20 heavy (non-hydrogen) atoms. The number of hydrogen-bond acceptors (Lipinski definition) is 2. The lowest BCUT2D eigenvalue weighted by Crippen LogP contribution is -2.41. The number of hydrogen-bond donors (Lipinski definition) is 1. The van der Waals surface area contributed by atoms with Crippen molar-refractivity contribution in [2.75, 3.05) is 19.6 Å². The van der Waals surface area contributed by atoms with Gasteiger partial charge in [0.1, 0.15) is 0 Å². The quantitative estimate of drug-likeness (QED) is 0.885. The van der Waals surface area contributed by atoms with E-state index in [-0.39, 0.29) is 0 Å². The maximum absolute atomic E-state index is 3.80. The summed E-state index contributed by atoms with van der Waals surface area (Å²) in [7, 11) is 0. The van der Waals surface area contributed by atoms with E-state index in [1.165, 1.54) is 44.5 Å². The standard InChI is InChI=1S/C18H28N2/c1-14(2)20-10-8-15(9-11-20)13-19-18-12-17(18)16-6-4-3-5-7-16/h3-7,14-15,17-19H,8-13H2,1-2H3. The first-order valence-electron chi connectivity index (χ1n) is 8.26. The first kappa shape index (κ1) is 14.1. The third-order valence-electron chi connectivity index (χ3n) is 5.07. The summed E-state index contributed by atoms with van der Waals surface area (Å²) in [6.07, 6.45) is 4.07. The first-order valence-corrected chi connectivity index (χ1v) is 8.26. The Labute approximate surface area is 123 Å². The minimum Gasteiger partial charge on any atom is -0.313 e. The largest absolute Gasteiger partial charge is 0.313 e. The smallest absolute Gasteiger partial charge is 0.0143 e. The van der Waals surface area contributed by atoms with E-state index in [0.717, 1.165) is 23.9 Å². The summed E-state index contributed by atoms with van der Waals surface area (Å²) in [5.74, 6) is 1.66. The van der Waals surface area contributed by atoms with E-state index in [1.54, 1.807) is 0 Å². The molecule has 0 aromatic heterocycles. The van der Waals surface area contributed by atoms with Crippen LogP contribution in [-0.4, -0.2) is 36.6 Å². The van der Waals surface area contributed by atoms with Gasteiger partial charge in [-0.05, 0) is 64.2 Å². The van der Waals surface area contributed by atoms with Crippen LogP contribution in [0.5, 0.6) is 0 Å². The normalized spacial score (nSPS) is 27.9. The molecule has 2 atom stereocenters. The fraction of sp³-hybridized carbons (Fsp3) is 0.667. The van der Waals surface area contributed by atoms with Gasteiger partial charge in [0.25, 0.3) is 0 Å². The average Bonchev–Trinajstić information content (AvgIpc) is 3.26. The summed E-state index contributed by atoms with van der Waals surface area (Å²) in [5, 5.41) is 3.80. The van der Waals surface area contributed by atoms with Crippen LogP contribution in [0.1, 0.15) is 44.6 Å². The van der Waals surface area contributed by atoms with E-state index >= 15 is 0 Å². The van der Waals surface area contributed by atoms with E-state index in [1.807, 2.05) is 0 Å². The van der Waals surface area contributed by atoms with E-state index in [4.69, 9.17) is 0 Å². The molecule has 1 saturated heterocycles. The molecule has 2 heteroatoms. The zero-order valence-electron chi connectivity index (χ0n) is 12.9. The van der Waals surface area contributed by atoms with E-state index in [9.17, 15) is 0 Å². The SMILES string of the molecule is CC(C)N1CCC(CNC2CC2c2ccccc2)CC1. The van der Waals surface area contributed by atoms with Crippen LogP contribution in [0.2, 0.25) is 0 Å². The summed E-state index contributed by atoms with van der Waals surface area (Å²) in [5.41, 5.74) is 1.51.